The molecule has 1 heterocycles. The minimum absolute atomic E-state index is 0.0160. The summed E-state index contributed by atoms with van der Waals surface area (Å²) in [5, 5.41) is 0.0419. The Morgan fingerprint density at radius 3 is 2.13 bits per heavy atom. The molecule has 1 aromatic heterocycles. The third-order valence-electron chi connectivity index (χ3n) is 6.31. The van der Waals surface area contributed by atoms with E-state index in [0.29, 0.717) is 21.4 Å². The zero-order chi connectivity index (χ0) is 29.1. The molecule has 0 aliphatic heterocycles. The van der Waals surface area contributed by atoms with Crippen LogP contribution in [0, 0.1) is 23.5 Å². The van der Waals surface area contributed by atoms with Gasteiger partial charge in [-0.25, -0.2) is 13.8 Å². The molecule has 4 nitrogen and oxygen atoms in total. The van der Waals surface area contributed by atoms with Crippen LogP contribution in [0.5, 0.6) is 0 Å². The summed E-state index contributed by atoms with van der Waals surface area (Å²) >= 11 is 3.55. The standard InChI is InChI=1S/C30H40BrF2NO3Si/c1-28(2,3)36-26(35)18-21(15-20-16-22(32)19-23(33)17-20)27-25(31)12-11-24(34-27)13-14-30(7,8)37-38(9,10)29(4,5)6/h11-12,16-17,19,21H,15,18H2,1-10H3/t21-/m1/s1. The fourth-order valence-electron chi connectivity index (χ4n) is 3.71. The highest BCUT2D eigenvalue weighted by molar-refractivity contribution is 9.10. The number of carbonyl (C=O) groups is 1. The Balaban J connectivity index is 2.45. The van der Waals surface area contributed by atoms with Crippen LogP contribution in [0.2, 0.25) is 18.1 Å². The Labute approximate surface area is 236 Å². The maximum atomic E-state index is 13.9. The van der Waals surface area contributed by atoms with Gasteiger partial charge in [-0.15, -0.1) is 0 Å². The van der Waals surface area contributed by atoms with Crippen molar-refractivity contribution in [2.75, 3.05) is 0 Å². The lowest BCUT2D eigenvalue weighted by Gasteiger charge is -2.40. The number of hydrogen-bond donors (Lipinski definition) is 0. The Bertz CT molecular complexity index is 1200. The van der Waals surface area contributed by atoms with Gasteiger partial charge in [-0.2, -0.15) is 0 Å². The number of nitrogens with zero attached hydrogens (tertiary/aromatic N) is 1. The molecule has 2 rings (SSSR count). The topological polar surface area (TPSA) is 48.4 Å². The molecular formula is C30H40BrF2NO3Si. The predicted molar refractivity (Wildman–Crippen MR) is 154 cm³/mol. The molecule has 8 heteroatoms. The van der Waals surface area contributed by atoms with E-state index in [-0.39, 0.29) is 17.9 Å². The van der Waals surface area contributed by atoms with Crippen LogP contribution in [0.3, 0.4) is 0 Å². The molecule has 0 N–H and O–H groups in total. The largest absolute Gasteiger partial charge is 0.460 e. The summed E-state index contributed by atoms with van der Waals surface area (Å²) in [7, 11) is -2.05. The summed E-state index contributed by atoms with van der Waals surface area (Å²) in [4.78, 5) is 17.5. The van der Waals surface area contributed by atoms with Crippen LogP contribution in [-0.2, 0) is 20.4 Å². The number of halogens is 3. The van der Waals surface area contributed by atoms with Gasteiger partial charge in [0.05, 0.1) is 12.1 Å². The molecule has 208 valence electrons. The number of esters is 1. The van der Waals surface area contributed by atoms with E-state index in [4.69, 9.17) is 14.1 Å². The van der Waals surface area contributed by atoms with Gasteiger partial charge in [-0.1, -0.05) is 26.7 Å². The number of hydrogen-bond acceptors (Lipinski definition) is 4. The molecule has 0 aliphatic carbocycles. The highest BCUT2D eigenvalue weighted by atomic mass is 79.9. The maximum Gasteiger partial charge on any atom is 0.306 e. The normalized spacial score (nSPS) is 13.5. The van der Waals surface area contributed by atoms with E-state index in [1.807, 2.05) is 19.9 Å². The highest BCUT2D eigenvalue weighted by Crippen LogP contribution is 2.39. The summed E-state index contributed by atoms with van der Waals surface area (Å²) in [5.74, 6) is 4.08. The average molecular weight is 609 g/mol. The Hall–Kier alpha value is -2.08. The molecule has 0 unspecified atom stereocenters. The second kappa shape index (κ2) is 12.0. The maximum absolute atomic E-state index is 13.9. The monoisotopic (exact) mass is 607 g/mol. The van der Waals surface area contributed by atoms with E-state index in [2.05, 4.69) is 61.6 Å². The zero-order valence-corrected chi connectivity index (χ0v) is 26.8. The van der Waals surface area contributed by atoms with Crippen LogP contribution in [0.1, 0.15) is 84.7 Å². The molecule has 0 amide bonds. The van der Waals surface area contributed by atoms with Crippen molar-refractivity contribution in [2.24, 2.45) is 0 Å². The van der Waals surface area contributed by atoms with E-state index in [9.17, 15) is 13.6 Å². The third-order valence-corrected chi connectivity index (χ3v) is 11.6. The van der Waals surface area contributed by atoms with E-state index in [1.165, 1.54) is 12.1 Å². The Morgan fingerprint density at radius 1 is 1.03 bits per heavy atom. The van der Waals surface area contributed by atoms with Crippen LogP contribution in [0.25, 0.3) is 0 Å². The lowest BCUT2D eigenvalue weighted by molar-refractivity contribution is -0.155. The highest BCUT2D eigenvalue weighted by Gasteiger charge is 2.41. The number of carbonyl (C=O) groups excluding carboxylic acids is 1. The molecule has 38 heavy (non-hydrogen) atoms. The lowest BCUT2D eigenvalue weighted by atomic mass is 9.92. The van der Waals surface area contributed by atoms with Gasteiger partial charge in [0.15, 0.2) is 8.32 Å². The number of ether oxygens (including phenoxy) is 1. The van der Waals surface area contributed by atoms with E-state index in [1.54, 1.807) is 26.8 Å². The van der Waals surface area contributed by atoms with Crippen LogP contribution >= 0.6 is 15.9 Å². The SMILES string of the molecule is CC(C)(C)OC(=O)C[C@@H](Cc1cc(F)cc(F)c1)c1nc(C#CC(C)(C)O[Si](C)(C)C(C)(C)C)ccc1Br. The zero-order valence-electron chi connectivity index (χ0n) is 24.2. The molecule has 1 aromatic carbocycles. The first-order chi connectivity index (χ1) is 17.2. The number of benzene rings is 1. The number of pyridine rings is 1. The number of rotatable bonds is 7. The summed E-state index contributed by atoms with van der Waals surface area (Å²) in [6.07, 6.45) is 0.175. The minimum Gasteiger partial charge on any atom is -0.460 e. The van der Waals surface area contributed by atoms with E-state index in [0.717, 1.165) is 6.07 Å². The average Bonchev–Trinajstić information content (AvgIpc) is 2.69. The second-order valence-corrected chi connectivity index (χ2v) is 18.2. The van der Waals surface area contributed by atoms with Crippen LogP contribution in [-0.4, -0.2) is 30.5 Å². The summed E-state index contributed by atoms with van der Waals surface area (Å²) in [5.41, 5.74) is 0.142. The first-order valence-electron chi connectivity index (χ1n) is 12.7. The smallest absolute Gasteiger partial charge is 0.306 e. The Kier molecular flexibility index (Phi) is 10.1. The summed E-state index contributed by atoms with van der Waals surface area (Å²) < 4.78 is 40.6. The molecular weight excluding hydrogens is 568 g/mol. The number of aromatic nitrogens is 1. The van der Waals surface area contributed by atoms with Gasteiger partial charge in [0, 0.05) is 16.5 Å². The molecule has 0 spiro atoms. The van der Waals surface area contributed by atoms with Gasteiger partial charge in [-0.3, -0.25) is 4.79 Å². The molecule has 0 radical (unpaired) electrons. The summed E-state index contributed by atoms with van der Waals surface area (Å²) in [6.45, 7) is 20.2. The fraction of sp³-hybridized carbons (Fsp3) is 0.533. The van der Waals surface area contributed by atoms with Crippen LogP contribution in [0.15, 0.2) is 34.8 Å². The second-order valence-electron chi connectivity index (χ2n) is 12.7. The lowest BCUT2D eigenvalue weighted by Crippen LogP contribution is -2.47. The molecule has 0 saturated heterocycles. The van der Waals surface area contributed by atoms with Crippen molar-refractivity contribution in [2.45, 2.75) is 103 Å². The van der Waals surface area contributed by atoms with Gasteiger partial charge in [0.1, 0.15) is 28.5 Å². The molecule has 0 aliphatic rings. The molecule has 0 bridgehead atoms. The van der Waals surface area contributed by atoms with Crippen molar-refractivity contribution >= 4 is 30.2 Å². The quantitative estimate of drug-likeness (QED) is 0.180. The van der Waals surface area contributed by atoms with Gasteiger partial charge in [0.2, 0.25) is 0 Å². The van der Waals surface area contributed by atoms with Crippen molar-refractivity contribution in [1.82, 2.24) is 4.98 Å². The van der Waals surface area contributed by atoms with Crippen LogP contribution < -0.4 is 0 Å². The van der Waals surface area contributed by atoms with Crippen molar-refractivity contribution in [3.63, 3.8) is 0 Å². The molecule has 1 atom stereocenters. The molecule has 2 aromatic rings. The van der Waals surface area contributed by atoms with Crippen molar-refractivity contribution in [3.05, 3.63) is 63.4 Å². The first-order valence-corrected chi connectivity index (χ1v) is 16.4. The van der Waals surface area contributed by atoms with Gasteiger partial charge in [0.25, 0.3) is 0 Å². The summed E-state index contributed by atoms with van der Waals surface area (Å²) in [6, 6.07) is 6.97. The van der Waals surface area contributed by atoms with Gasteiger partial charge >= 0.3 is 5.97 Å². The first kappa shape index (κ1) is 32.1. The van der Waals surface area contributed by atoms with E-state index >= 15 is 0 Å². The van der Waals surface area contributed by atoms with Crippen LogP contribution in [0.4, 0.5) is 8.78 Å². The third kappa shape index (κ3) is 9.90. The molecule has 0 saturated carbocycles. The Morgan fingerprint density at radius 2 is 1.61 bits per heavy atom. The van der Waals surface area contributed by atoms with E-state index < -0.39 is 43.0 Å². The van der Waals surface area contributed by atoms with Gasteiger partial charge in [-0.05, 0) is 111 Å². The molecule has 0 fully saturated rings. The fourth-order valence-corrected chi connectivity index (χ4v) is 5.89. The van der Waals surface area contributed by atoms with Crippen molar-refractivity contribution in [3.8, 4) is 11.8 Å². The van der Waals surface area contributed by atoms with Crippen molar-refractivity contribution in [1.29, 1.82) is 0 Å². The van der Waals surface area contributed by atoms with Crippen molar-refractivity contribution < 1.29 is 22.7 Å². The minimum atomic E-state index is -2.05. The predicted octanol–water partition coefficient (Wildman–Crippen LogP) is 8.33. The van der Waals surface area contributed by atoms with Gasteiger partial charge < -0.3 is 9.16 Å².